The molecule has 0 spiro atoms. The van der Waals surface area contributed by atoms with E-state index in [4.69, 9.17) is 11.6 Å². The van der Waals surface area contributed by atoms with Gasteiger partial charge in [0.15, 0.2) is 0 Å². The second-order valence-corrected chi connectivity index (χ2v) is 5.59. The van der Waals surface area contributed by atoms with Gasteiger partial charge in [0.1, 0.15) is 0 Å². The van der Waals surface area contributed by atoms with Gasteiger partial charge in [0, 0.05) is 31.6 Å². The molecular weight excluding hydrogens is 220 g/mol. The Morgan fingerprint density at radius 1 is 1.31 bits per heavy atom. The van der Waals surface area contributed by atoms with Gasteiger partial charge in [-0.05, 0) is 38.8 Å². The second kappa shape index (κ2) is 7.52. The maximum atomic E-state index is 5.76. The lowest BCUT2D eigenvalue weighted by molar-refractivity contribution is 0.0893. The van der Waals surface area contributed by atoms with Crippen LogP contribution in [0.1, 0.15) is 33.1 Å². The minimum atomic E-state index is 0.761. The van der Waals surface area contributed by atoms with Crippen LogP contribution in [-0.2, 0) is 0 Å². The number of hydrogen-bond acceptors (Lipinski definition) is 2. The summed E-state index contributed by atoms with van der Waals surface area (Å²) in [7, 11) is 2.25. The van der Waals surface area contributed by atoms with Crippen LogP contribution in [-0.4, -0.2) is 54.9 Å². The van der Waals surface area contributed by atoms with E-state index in [-0.39, 0.29) is 0 Å². The summed E-state index contributed by atoms with van der Waals surface area (Å²) in [4.78, 5) is 5.12. The highest BCUT2D eigenvalue weighted by Crippen LogP contribution is 2.14. The van der Waals surface area contributed by atoms with Crippen molar-refractivity contribution >= 4 is 11.6 Å². The molecule has 2 unspecified atom stereocenters. The Balaban J connectivity index is 2.22. The molecule has 1 aliphatic heterocycles. The lowest BCUT2D eigenvalue weighted by Gasteiger charge is -2.39. The van der Waals surface area contributed by atoms with Gasteiger partial charge in [-0.1, -0.05) is 13.8 Å². The van der Waals surface area contributed by atoms with Gasteiger partial charge in [-0.3, -0.25) is 0 Å². The van der Waals surface area contributed by atoms with Crippen molar-refractivity contribution in [2.75, 3.05) is 39.1 Å². The van der Waals surface area contributed by atoms with Crippen molar-refractivity contribution in [3.8, 4) is 0 Å². The SMILES string of the molecule is CCC1CN(CCC(C)CCCl)CCN1C. The molecule has 1 saturated heterocycles. The number of halogens is 1. The molecule has 16 heavy (non-hydrogen) atoms. The fourth-order valence-corrected chi connectivity index (χ4v) is 2.76. The number of nitrogens with zero attached hydrogens (tertiary/aromatic N) is 2. The first-order chi connectivity index (χ1) is 7.67. The molecule has 0 saturated carbocycles. The van der Waals surface area contributed by atoms with Crippen molar-refractivity contribution < 1.29 is 0 Å². The third-order valence-corrected chi connectivity index (χ3v) is 4.09. The summed E-state index contributed by atoms with van der Waals surface area (Å²) in [5.41, 5.74) is 0. The topological polar surface area (TPSA) is 6.48 Å². The first-order valence-electron chi connectivity index (χ1n) is 6.66. The second-order valence-electron chi connectivity index (χ2n) is 5.21. The molecule has 1 rings (SSSR count). The Kier molecular flexibility index (Phi) is 6.71. The Morgan fingerprint density at radius 2 is 2.06 bits per heavy atom. The third kappa shape index (κ3) is 4.60. The monoisotopic (exact) mass is 246 g/mol. The zero-order valence-corrected chi connectivity index (χ0v) is 11.8. The quantitative estimate of drug-likeness (QED) is 0.665. The van der Waals surface area contributed by atoms with E-state index in [1.54, 1.807) is 0 Å². The number of alkyl halides is 1. The molecule has 1 heterocycles. The number of piperazine rings is 1. The zero-order chi connectivity index (χ0) is 12.0. The summed E-state index contributed by atoms with van der Waals surface area (Å²) in [5, 5.41) is 0. The van der Waals surface area contributed by atoms with Crippen LogP contribution in [0.4, 0.5) is 0 Å². The fraction of sp³-hybridized carbons (Fsp3) is 1.00. The molecule has 1 aliphatic rings. The molecule has 96 valence electrons. The van der Waals surface area contributed by atoms with Gasteiger partial charge in [0.2, 0.25) is 0 Å². The first-order valence-corrected chi connectivity index (χ1v) is 7.19. The summed E-state index contributed by atoms with van der Waals surface area (Å²) in [5.74, 6) is 1.58. The number of hydrogen-bond donors (Lipinski definition) is 0. The Hall–Kier alpha value is 0.210. The Morgan fingerprint density at radius 3 is 2.69 bits per heavy atom. The van der Waals surface area contributed by atoms with E-state index in [9.17, 15) is 0 Å². The van der Waals surface area contributed by atoms with Crippen LogP contribution in [0, 0.1) is 5.92 Å². The van der Waals surface area contributed by atoms with E-state index < -0.39 is 0 Å². The highest BCUT2D eigenvalue weighted by Gasteiger charge is 2.22. The summed E-state index contributed by atoms with van der Waals surface area (Å²) in [6.45, 7) is 9.57. The average Bonchev–Trinajstić information content (AvgIpc) is 2.28. The van der Waals surface area contributed by atoms with Crippen molar-refractivity contribution in [2.45, 2.75) is 39.2 Å². The molecule has 0 aromatic heterocycles. The van der Waals surface area contributed by atoms with Gasteiger partial charge in [-0.25, -0.2) is 0 Å². The normalized spacial score (nSPS) is 25.9. The smallest absolute Gasteiger partial charge is 0.0225 e. The summed E-state index contributed by atoms with van der Waals surface area (Å²) < 4.78 is 0. The van der Waals surface area contributed by atoms with Crippen LogP contribution in [0.3, 0.4) is 0 Å². The Labute approximate surface area is 106 Å². The van der Waals surface area contributed by atoms with Crippen molar-refractivity contribution in [3.63, 3.8) is 0 Å². The molecule has 0 aromatic carbocycles. The van der Waals surface area contributed by atoms with E-state index >= 15 is 0 Å². The lowest BCUT2D eigenvalue weighted by Crippen LogP contribution is -2.51. The zero-order valence-electron chi connectivity index (χ0n) is 11.1. The number of likely N-dealkylation sites (N-methyl/N-ethyl adjacent to an activating group) is 1. The molecule has 3 heteroatoms. The van der Waals surface area contributed by atoms with Gasteiger partial charge < -0.3 is 9.80 Å². The van der Waals surface area contributed by atoms with Crippen LogP contribution >= 0.6 is 11.6 Å². The lowest BCUT2D eigenvalue weighted by atomic mass is 10.0. The molecular formula is C13H27ClN2. The van der Waals surface area contributed by atoms with E-state index in [1.165, 1.54) is 39.0 Å². The summed E-state index contributed by atoms with van der Waals surface area (Å²) >= 11 is 5.76. The van der Waals surface area contributed by atoms with Crippen LogP contribution in [0.2, 0.25) is 0 Å². The molecule has 2 nitrogen and oxygen atoms in total. The van der Waals surface area contributed by atoms with E-state index in [2.05, 4.69) is 30.7 Å². The van der Waals surface area contributed by atoms with Crippen LogP contribution in [0.25, 0.3) is 0 Å². The molecule has 0 bridgehead atoms. The molecule has 0 radical (unpaired) electrons. The molecule has 0 N–H and O–H groups in total. The first kappa shape index (κ1) is 14.3. The summed E-state index contributed by atoms with van der Waals surface area (Å²) in [6.07, 6.45) is 3.73. The van der Waals surface area contributed by atoms with E-state index in [1.807, 2.05) is 0 Å². The van der Waals surface area contributed by atoms with Crippen LogP contribution in [0.5, 0.6) is 0 Å². The highest BCUT2D eigenvalue weighted by atomic mass is 35.5. The van der Waals surface area contributed by atoms with Gasteiger partial charge in [0.05, 0.1) is 0 Å². The van der Waals surface area contributed by atoms with Gasteiger partial charge in [-0.15, -0.1) is 11.6 Å². The van der Waals surface area contributed by atoms with Crippen molar-refractivity contribution in [1.29, 1.82) is 0 Å². The third-order valence-electron chi connectivity index (χ3n) is 3.87. The minimum absolute atomic E-state index is 0.761. The molecule has 0 aromatic rings. The van der Waals surface area contributed by atoms with Crippen molar-refractivity contribution in [2.24, 2.45) is 5.92 Å². The maximum absolute atomic E-state index is 5.76. The van der Waals surface area contributed by atoms with Crippen LogP contribution < -0.4 is 0 Å². The number of rotatable bonds is 6. The van der Waals surface area contributed by atoms with Gasteiger partial charge >= 0.3 is 0 Å². The van der Waals surface area contributed by atoms with Crippen molar-refractivity contribution in [1.82, 2.24) is 9.80 Å². The standard InChI is InChI=1S/C13H27ClN2/c1-4-13-11-16(10-9-15(13)3)8-6-12(2)5-7-14/h12-13H,4-11H2,1-3H3. The largest absolute Gasteiger partial charge is 0.301 e. The molecule has 0 aliphatic carbocycles. The molecule has 1 fully saturated rings. The summed E-state index contributed by atoms with van der Waals surface area (Å²) in [6, 6.07) is 0.761. The van der Waals surface area contributed by atoms with E-state index in [0.717, 1.165) is 24.3 Å². The highest BCUT2D eigenvalue weighted by molar-refractivity contribution is 6.17. The average molecular weight is 247 g/mol. The van der Waals surface area contributed by atoms with E-state index in [0.29, 0.717) is 0 Å². The maximum Gasteiger partial charge on any atom is 0.0225 e. The van der Waals surface area contributed by atoms with Gasteiger partial charge in [-0.2, -0.15) is 0 Å². The Bertz CT molecular complexity index is 187. The van der Waals surface area contributed by atoms with Gasteiger partial charge in [0.25, 0.3) is 0 Å². The predicted octanol–water partition coefficient (Wildman–Crippen LogP) is 2.67. The fourth-order valence-electron chi connectivity index (χ4n) is 2.39. The van der Waals surface area contributed by atoms with Crippen molar-refractivity contribution in [3.05, 3.63) is 0 Å². The molecule has 0 amide bonds. The molecule has 2 atom stereocenters. The minimum Gasteiger partial charge on any atom is -0.301 e. The predicted molar refractivity (Wildman–Crippen MR) is 72.3 cm³/mol. The van der Waals surface area contributed by atoms with Crippen LogP contribution in [0.15, 0.2) is 0 Å².